The summed E-state index contributed by atoms with van der Waals surface area (Å²) in [7, 11) is -3.40. The first kappa shape index (κ1) is 17.1. The maximum absolute atomic E-state index is 12.2. The zero-order chi connectivity index (χ0) is 17.0. The normalized spacial score (nSPS) is 17.2. The number of likely N-dealkylation sites (tertiary alicyclic amines) is 1. The standard InChI is InChI=1S/C16H22N4O3S/c1-13-10-16(18-23-13)12-24(21,22)19-14-5-8-20(9-6-14)11-15-4-2-3-7-17-15/h2-4,7,10,14,19H,5-6,8-9,11-12H2,1H3. The fraction of sp³-hybridized carbons (Fsp3) is 0.500. The Bertz CT molecular complexity index is 753. The van der Waals surface area contributed by atoms with E-state index < -0.39 is 10.0 Å². The van der Waals surface area contributed by atoms with Crippen LogP contribution in [0, 0.1) is 6.92 Å². The van der Waals surface area contributed by atoms with E-state index in [0.717, 1.165) is 38.2 Å². The zero-order valence-electron chi connectivity index (χ0n) is 13.7. The van der Waals surface area contributed by atoms with Crippen molar-refractivity contribution >= 4 is 10.0 Å². The van der Waals surface area contributed by atoms with Crippen molar-refractivity contribution in [1.29, 1.82) is 0 Å². The van der Waals surface area contributed by atoms with Crippen LogP contribution in [0.25, 0.3) is 0 Å². The molecule has 0 spiro atoms. The average molecular weight is 350 g/mol. The highest BCUT2D eigenvalue weighted by Crippen LogP contribution is 2.15. The Morgan fingerprint density at radius 3 is 2.71 bits per heavy atom. The van der Waals surface area contributed by atoms with Crippen LogP contribution in [0.2, 0.25) is 0 Å². The Hall–Kier alpha value is -1.77. The van der Waals surface area contributed by atoms with Crippen LogP contribution in [0.5, 0.6) is 0 Å². The Morgan fingerprint density at radius 1 is 1.29 bits per heavy atom. The maximum atomic E-state index is 12.2. The lowest BCUT2D eigenvalue weighted by molar-refractivity contribution is 0.198. The quantitative estimate of drug-likeness (QED) is 0.848. The number of nitrogens with zero attached hydrogens (tertiary/aromatic N) is 3. The number of hydrogen-bond donors (Lipinski definition) is 1. The minimum absolute atomic E-state index is 0.0250. The zero-order valence-corrected chi connectivity index (χ0v) is 14.5. The van der Waals surface area contributed by atoms with Gasteiger partial charge in [-0.25, -0.2) is 13.1 Å². The van der Waals surface area contributed by atoms with Crippen LogP contribution >= 0.6 is 0 Å². The van der Waals surface area contributed by atoms with Crippen molar-refractivity contribution in [2.24, 2.45) is 0 Å². The number of rotatable bonds is 6. The summed E-state index contributed by atoms with van der Waals surface area (Å²) in [4.78, 5) is 6.63. The number of sulfonamides is 1. The summed E-state index contributed by atoms with van der Waals surface area (Å²) in [5.41, 5.74) is 1.48. The summed E-state index contributed by atoms with van der Waals surface area (Å²) in [6.45, 7) is 4.26. The van der Waals surface area contributed by atoms with Gasteiger partial charge >= 0.3 is 0 Å². The minimum Gasteiger partial charge on any atom is -0.361 e. The fourth-order valence-corrected chi connectivity index (χ4v) is 4.26. The fourth-order valence-electron chi connectivity index (χ4n) is 2.91. The van der Waals surface area contributed by atoms with Gasteiger partial charge in [0.1, 0.15) is 17.2 Å². The lowest BCUT2D eigenvalue weighted by Gasteiger charge is -2.31. The molecule has 1 aliphatic rings. The first-order chi connectivity index (χ1) is 11.5. The molecule has 0 saturated carbocycles. The second kappa shape index (κ2) is 7.42. The molecule has 7 nitrogen and oxygen atoms in total. The van der Waals surface area contributed by atoms with E-state index in [1.165, 1.54) is 0 Å². The molecule has 2 aromatic heterocycles. The van der Waals surface area contributed by atoms with Crippen LogP contribution in [-0.2, 0) is 22.3 Å². The largest absolute Gasteiger partial charge is 0.361 e. The predicted molar refractivity (Wildman–Crippen MR) is 89.5 cm³/mol. The Morgan fingerprint density at radius 2 is 2.08 bits per heavy atom. The highest BCUT2D eigenvalue weighted by Gasteiger charge is 2.24. The van der Waals surface area contributed by atoms with Crippen LogP contribution in [0.15, 0.2) is 35.0 Å². The topological polar surface area (TPSA) is 88.3 Å². The van der Waals surface area contributed by atoms with Crippen molar-refractivity contribution in [3.63, 3.8) is 0 Å². The van der Waals surface area contributed by atoms with Gasteiger partial charge in [-0.05, 0) is 31.9 Å². The van der Waals surface area contributed by atoms with Crippen LogP contribution in [-0.4, -0.2) is 42.6 Å². The average Bonchev–Trinajstić information content (AvgIpc) is 2.94. The molecule has 1 saturated heterocycles. The van der Waals surface area contributed by atoms with Crippen LogP contribution in [0.4, 0.5) is 0 Å². The first-order valence-corrected chi connectivity index (χ1v) is 9.70. The molecule has 0 atom stereocenters. The van der Waals surface area contributed by atoms with Gasteiger partial charge < -0.3 is 4.52 Å². The summed E-state index contributed by atoms with van der Waals surface area (Å²) in [5.74, 6) is 0.474. The predicted octanol–water partition coefficient (Wildman–Crippen LogP) is 1.46. The van der Waals surface area contributed by atoms with Crippen LogP contribution in [0.1, 0.15) is 30.0 Å². The van der Waals surface area contributed by atoms with Gasteiger partial charge in [0.25, 0.3) is 0 Å². The molecule has 0 aromatic carbocycles. The lowest BCUT2D eigenvalue weighted by atomic mass is 10.1. The first-order valence-electron chi connectivity index (χ1n) is 8.05. The summed E-state index contributed by atoms with van der Waals surface area (Å²) in [6.07, 6.45) is 3.38. The van der Waals surface area contributed by atoms with Crippen molar-refractivity contribution in [2.75, 3.05) is 13.1 Å². The highest BCUT2D eigenvalue weighted by atomic mass is 32.2. The van der Waals surface area contributed by atoms with Gasteiger partial charge in [0.15, 0.2) is 0 Å². The molecular formula is C16H22N4O3S. The van der Waals surface area contributed by atoms with E-state index in [2.05, 4.69) is 19.8 Å². The third kappa shape index (κ3) is 4.86. The molecule has 8 heteroatoms. The molecule has 130 valence electrons. The summed E-state index contributed by atoms with van der Waals surface area (Å²) in [5, 5.41) is 3.74. The van der Waals surface area contributed by atoms with E-state index in [-0.39, 0.29) is 11.8 Å². The maximum Gasteiger partial charge on any atom is 0.217 e. The van der Waals surface area contributed by atoms with Crippen molar-refractivity contribution < 1.29 is 12.9 Å². The second-order valence-electron chi connectivity index (χ2n) is 6.18. The second-order valence-corrected chi connectivity index (χ2v) is 7.93. The molecule has 1 aliphatic heterocycles. The molecule has 1 fully saturated rings. The van der Waals surface area contributed by atoms with E-state index in [1.807, 2.05) is 18.2 Å². The van der Waals surface area contributed by atoms with Gasteiger partial charge in [0.2, 0.25) is 10.0 Å². The number of aryl methyl sites for hydroxylation is 1. The van der Waals surface area contributed by atoms with E-state index >= 15 is 0 Å². The summed E-state index contributed by atoms with van der Waals surface area (Å²) in [6, 6.07) is 7.52. The summed E-state index contributed by atoms with van der Waals surface area (Å²) >= 11 is 0. The SMILES string of the molecule is Cc1cc(CS(=O)(=O)NC2CCN(Cc3ccccn3)CC2)no1. The number of hydrogen-bond acceptors (Lipinski definition) is 6. The molecule has 3 rings (SSSR count). The van der Waals surface area contributed by atoms with Crippen molar-refractivity contribution in [3.8, 4) is 0 Å². The van der Waals surface area contributed by atoms with Gasteiger partial charge in [-0.15, -0.1) is 0 Å². The Balaban J connectivity index is 1.48. The Labute approximate surface area is 142 Å². The molecule has 0 unspecified atom stereocenters. The highest BCUT2D eigenvalue weighted by molar-refractivity contribution is 7.88. The molecule has 0 amide bonds. The van der Waals surface area contributed by atoms with E-state index in [0.29, 0.717) is 11.5 Å². The molecule has 2 aromatic rings. The molecule has 0 bridgehead atoms. The number of aromatic nitrogens is 2. The smallest absolute Gasteiger partial charge is 0.217 e. The molecule has 0 radical (unpaired) electrons. The molecular weight excluding hydrogens is 328 g/mol. The van der Waals surface area contributed by atoms with Crippen LogP contribution < -0.4 is 4.72 Å². The molecule has 0 aliphatic carbocycles. The monoisotopic (exact) mass is 350 g/mol. The molecule has 1 N–H and O–H groups in total. The van der Waals surface area contributed by atoms with Gasteiger partial charge in [0, 0.05) is 37.9 Å². The van der Waals surface area contributed by atoms with Gasteiger partial charge in [0.05, 0.1) is 5.69 Å². The van der Waals surface area contributed by atoms with Gasteiger partial charge in [-0.2, -0.15) is 0 Å². The minimum atomic E-state index is -3.40. The summed E-state index contributed by atoms with van der Waals surface area (Å²) < 4.78 is 32.2. The molecule has 3 heterocycles. The number of piperidine rings is 1. The van der Waals surface area contributed by atoms with Crippen molar-refractivity contribution in [3.05, 3.63) is 47.6 Å². The van der Waals surface area contributed by atoms with E-state index in [4.69, 9.17) is 4.52 Å². The number of nitrogens with one attached hydrogen (secondary N) is 1. The third-order valence-electron chi connectivity index (χ3n) is 4.06. The third-order valence-corrected chi connectivity index (χ3v) is 5.43. The van der Waals surface area contributed by atoms with Crippen molar-refractivity contribution in [2.45, 2.75) is 38.1 Å². The van der Waals surface area contributed by atoms with E-state index in [1.54, 1.807) is 19.2 Å². The van der Waals surface area contributed by atoms with Gasteiger partial charge in [-0.3, -0.25) is 9.88 Å². The van der Waals surface area contributed by atoms with Gasteiger partial charge in [-0.1, -0.05) is 11.2 Å². The van der Waals surface area contributed by atoms with Crippen LogP contribution in [0.3, 0.4) is 0 Å². The van der Waals surface area contributed by atoms with E-state index in [9.17, 15) is 8.42 Å². The van der Waals surface area contributed by atoms with Crippen molar-refractivity contribution in [1.82, 2.24) is 19.8 Å². The number of pyridine rings is 1. The molecule has 24 heavy (non-hydrogen) atoms. The lowest BCUT2D eigenvalue weighted by Crippen LogP contribution is -2.44. The Kier molecular flexibility index (Phi) is 5.27.